The molecular formula is C30H47N3O7. The Balaban J connectivity index is 1.46. The van der Waals surface area contributed by atoms with Gasteiger partial charge in [-0.05, 0) is 45.6 Å². The Hall–Kier alpha value is -2.53. The fourth-order valence-electron chi connectivity index (χ4n) is 5.37. The van der Waals surface area contributed by atoms with Crippen molar-refractivity contribution in [2.75, 3.05) is 19.7 Å². The molecule has 4 N–H and O–H groups in total. The second-order valence-corrected chi connectivity index (χ2v) is 11.4. The highest BCUT2D eigenvalue weighted by Gasteiger charge is 2.51. The van der Waals surface area contributed by atoms with Crippen LogP contribution in [0.1, 0.15) is 66.7 Å². The highest BCUT2D eigenvalue weighted by molar-refractivity contribution is 5.87. The van der Waals surface area contributed by atoms with Gasteiger partial charge in [-0.2, -0.15) is 0 Å². The fourth-order valence-corrected chi connectivity index (χ4v) is 5.37. The highest BCUT2D eigenvalue weighted by Crippen LogP contribution is 2.43. The third-order valence-electron chi connectivity index (χ3n) is 7.63. The number of carbonyl (C=O) groups is 3. The van der Waals surface area contributed by atoms with Gasteiger partial charge in [0.15, 0.2) is 0 Å². The lowest BCUT2D eigenvalue weighted by molar-refractivity contribution is -0.143. The van der Waals surface area contributed by atoms with Crippen molar-refractivity contribution in [2.24, 2.45) is 11.7 Å². The summed E-state index contributed by atoms with van der Waals surface area (Å²) < 4.78 is 23.2. The zero-order valence-corrected chi connectivity index (χ0v) is 24.5. The van der Waals surface area contributed by atoms with Gasteiger partial charge < -0.3 is 35.3 Å². The Morgan fingerprint density at radius 3 is 2.58 bits per heavy atom. The molecule has 3 heterocycles. The first-order valence-electron chi connectivity index (χ1n) is 14.4. The van der Waals surface area contributed by atoms with Crippen LogP contribution in [0.2, 0.25) is 0 Å². The third kappa shape index (κ3) is 10.5. The molecule has 0 radical (unpaired) electrons. The van der Waals surface area contributed by atoms with Crippen molar-refractivity contribution in [3.8, 4) is 0 Å². The van der Waals surface area contributed by atoms with Crippen molar-refractivity contribution >= 4 is 17.8 Å². The highest BCUT2D eigenvalue weighted by atomic mass is 16.6. The van der Waals surface area contributed by atoms with Crippen LogP contribution in [0.3, 0.4) is 0 Å². The molecule has 0 saturated carbocycles. The summed E-state index contributed by atoms with van der Waals surface area (Å²) in [5.41, 5.74) is 6.43. The number of hydrogen-bond acceptors (Lipinski definition) is 8. The van der Waals surface area contributed by atoms with E-state index in [4.69, 9.17) is 24.7 Å². The molecule has 10 nitrogen and oxygen atoms in total. The number of rotatable bonds is 12. The Morgan fingerprint density at radius 1 is 1.15 bits per heavy atom. The van der Waals surface area contributed by atoms with Gasteiger partial charge in [0.25, 0.3) is 0 Å². The molecular weight excluding hydrogens is 514 g/mol. The minimum absolute atomic E-state index is 0.0464. The van der Waals surface area contributed by atoms with E-state index in [0.29, 0.717) is 19.5 Å². The second kappa shape index (κ2) is 14.9. The molecule has 10 heteroatoms. The molecule has 0 aliphatic carbocycles. The van der Waals surface area contributed by atoms with E-state index in [9.17, 15) is 14.4 Å². The molecule has 3 aliphatic rings. The summed E-state index contributed by atoms with van der Waals surface area (Å²) >= 11 is 0. The largest absolute Gasteiger partial charge is 0.459 e. The van der Waals surface area contributed by atoms with Crippen LogP contribution in [0, 0.1) is 5.92 Å². The normalized spacial score (nSPS) is 33.2. The van der Waals surface area contributed by atoms with E-state index >= 15 is 0 Å². The molecule has 0 unspecified atom stereocenters. The molecule has 8 atom stereocenters. The van der Waals surface area contributed by atoms with E-state index in [1.54, 1.807) is 13.0 Å². The first-order chi connectivity index (χ1) is 19.0. The average Bonchev–Trinajstić information content (AvgIpc) is 3.62. The molecule has 2 amide bonds. The monoisotopic (exact) mass is 561 g/mol. The van der Waals surface area contributed by atoms with Gasteiger partial charge in [-0.15, -0.1) is 0 Å². The lowest BCUT2D eigenvalue weighted by atomic mass is 9.88. The number of hydrogen-bond donors (Lipinski definition) is 3. The van der Waals surface area contributed by atoms with Crippen molar-refractivity contribution in [3.63, 3.8) is 0 Å². The third-order valence-corrected chi connectivity index (χ3v) is 7.63. The molecule has 0 aromatic rings. The quantitative estimate of drug-likeness (QED) is 0.143. The molecule has 3 fully saturated rings. The van der Waals surface area contributed by atoms with Gasteiger partial charge in [0, 0.05) is 38.9 Å². The first-order valence-corrected chi connectivity index (χ1v) is 14.4. The maximum Gasteiger partial charge on any atom is 0.303 e. The van der Waals surface area contributed by atoms with Gasteiger partial charge in [0.2, 0.25) is 11.8 Å². The maximum atomic E-state index is 12.4. The van der Waals surface area contributed by atoms with E-state index in [1.807, 2.05) is 6.92 Å². The van der Waals surface area contributed by atoms with Gasteiger partial charge in [-0.1, -0.05) is 30.7 Å². The van der Waals surface area contributed by atoms with Crippen LogP contribution in [-0.4, -0.2) is 79.6 Å². The molecule has 3 saturated heterocycles. The van der Waals surface area contributed by atoms with Crippen molar-refractivity contribution in [3.05, 3.63) is 36.0 Å². The summed E-state index contributed by atoms with van der Waals surface area (Å²) in [5, 5.41) is 5.83. The predicted octanol–water partition coefficient (Wildman–Crippen LogP) is 2.47. The van der Waals surface area contributed by atoms with E-state index in [1.165, 1.54) is 13.0 Å². The molecule has 224 valence electrons. The molecule has 1 spiro atoms. The minimum Gasteiger partial charge on any atom is -0.459 e. The predicted molar refractivity (Wildman–Crippen MR) is 151 cm³/mol. The molecule has 3 aliphatic heterocycles. The molecule has 0 aromatic heterocycles. The van der Waals surface area contributed by atoms with Crippen LogP contribution in [0.5, 0.6) is 0 Å². The SMILES string of the molecule is CC(=O)O[C@@H](C)/C=C\C(=O)N[C@@H]1C[C@H](C)[C@H](C/C=C(C)/C=C/[C@@H]2C[C@]3(CO3)C[C@@H](CC(=O)NCCN)O2)O[C@@H]1C. The van der Waals surface area contributed by atoms with Gasteiger partial charge in [-0.3, -0.25) is 14.4 Å². The number of esters is 1. The van der Waals surface area contributed by atoms with Crippen LogP contribution in [0.15, 0.2) is 36.0 Å². The van der Waals surface area contributed by atoms with Crippen molar-refractivity contribution in [1.82, 2.24) is 10.6 Å². The molecule has 0 bridgehead atoms. The lowest BCUT2D eigenvalue weighted by Gasteiger charge is -2.39. The maximum absolute atomic E-state index is 12.4. The van der Waals surface area contributed by atoms with Gasteiger partial charge in [0.05, 0.1) is 49.1 Å². The fraction of sp³-hybridized carbons (Fsp3) is 0.700. The van der Waals surface area contributed by atoms with Crippen LogP contribution in [-0.2, 0) is 33.3 Å². The smallest absolute Gasteiger partial charge is 0.303 e. The van der Waals surface area contributed by atoms with Crippen molar-refractivity contribution in [1.29, 1.82) is 0 Å². The number of allylic oxidation sites excluding steroid dienone is 2. The van der Waals surface area contributed by atoms with Gasteiger partial charge in [-0.25, -0.2) is 0 Å². The number of amides is 2. The van der Waals surface area contributed by atoms with E-state index in [2.05, 4.69) is 42.7 Å². The average molecular weight is 562 g/mol. The number of nitrogens with two attached hydrogens (primary N) is 1. The summed E-state index contributed by atoms with van der Waals surface area (Å²) in [6, 6.07) is -0.0943. The molecule has 0 aromatic carbocycles. The Labute approximate surface area is 238 Å². The summed E-state index contributed by atoms with van der Waals surface area (Å²) in [6.45, 7) is 10.8. The van der Waals surface area contributed by atoms with E-state index in [0.717, 1.165) is 37.9 Å². The zero-order valence-electron chi connectivity index (χ0n) is 24.5. The minimum atomic E-state index is -0.460. The van der Waals surface area contributed by atoms with Crippen LogP contribution in [0.4, 0.5) is 0 Å². The summed E-state index contributed by atoms with van der Waals surface area (Å²) in [4.78, 5) is 35.5. The Morgan fingerprint density at radius 2 is 1.90 bits per heavy atom. The van der Waals surface area contributed by atoms with Crippen molar-refractivity contribution in [2.45, 2.75) is 109 Å². The van der Waals surface area contributed by atoms with Crippen LogP contribution >= 0.6 is 0 Å². The standard InChI is InChI=1S/C30H47N3O7/c1-19(6-9-24-16-30(18-37-30)17-25(40-24)15-29(36)32-13-12-31)7-10-27-20(2)14-26(22(4)39-27)33-28(35)11-8-21(3)38-23(5)34/h6-9,11,20-22,24-27H,10,12-18,31H2,1-5H3,(H,32,36)(H,33,35)/b9-6+,11-8-,19-7+/t20-,21-,22+,24+,25+,26+,27-,30+/m0/s1. The Bertz CT molecular complexity index is 974. The molecule has 3 rings (SSSR count). The number of nitrogens with one attached hydrogen (secondary N) is 2. The number of ether oxygens (including phenoxy) is 4. The summed E-state index contributed by atoms with van der Waals surface area (Å²) in [6.07, 6.45) is 11.9. The van der Waals surface area contributed by atoms with E-state index < -0.39 is 6.10 Å². The van der Waals surface area contributed by atoms with Crippen LogP contribution in [0.25, 0.3) is 0 Å². The number of carbonyl (C=O) groups excluding carboxylic acids is 3. The summed E-state index contributed by atoms with van der Waals surface area (Å²) in [5.74, 6) is -0.398. The van der Waals surface area contributed by atoms with Crippen LogP contribution < -0.4 is 16.4 Å². The topological polar surface area (TPSA) is 142 Å². The van der Waals surface area contributed by atoms with Gasteiger partial charge in [0.1, 0.15) is 6.10 Å². The summed E-state index contributed by atoms with van der Waals surface area (Å²) in [7, 11) is 0. The zero-order chi connectivity index (χ0) is 29.3. The molecule has 40 heavy (non-hydrogen) atoms. The Kier molecular flexibility index (Phi) is 11.9. The first kappa shape index (κ1) is 32.0. The van der Waals surface area contributed by atoms with Crippen molar-refractivity contribution < 1.29 is 33.3 Å². The lowest BCUT2D eigenvalue weighted by Crippen LogP contribution is -2.50. The number of epoxide rings is 1. The van der Waals surface area contributed by atoms with E-state index in [-0.39, 0.29) is 59.8 Å². The second-order valence-electron chi connectivity index (χ2n) is 11.4. The van der Waals surface area contributed by atoms with Gasteiger partial charge >= 0.3 is 5.97 Å².